The van der Waals surface area contributed by atoms with Gasteiger partial charge in [0.15, 0.2) is 0 Å². The van der Waals surface area contributed by atoms with Gasteiger partial charge in [0.25, 0.3) is 0 Å². The SMILES string of the molecule is CC(C)(C)[N]=[Mo+2]=[N]C(C)(C)C.CCN=[C-]N(C(C)C)C(C)C.CCN=[C-]N(C(C)C)C(C)C. The molecule has 0 heterocycles. The van der Waals surface area contributed by atoms with Crippen molar-refractivity contribution < 1.29 is 18.2 Å². The first-order chi connectivity index (χ1) is 14.9. The van der Waals surface area contributed by atoms with E-state index in [1.54, 1.807) is 0 Å². The number of rotatable bonds is 8. The molecule has 33 heavy (non-hydrogen) atoms. The van der Waals surface area contributed by atoms with Gasteiger partial charge in [-0.05, 0) is 106 Å². The number of hydrogen-bond acceptors (Lipinski definition) is 4. The zero-order valence-electron chi connectivity index (χ0n) is 24.8. The van der Waals surface area contributed by atoms with Gasteiger partial charge >= 0.3 is 77.8 Å². The zero-order chi connectivity index (χ0) is 26.8. The Bertz CT molecular complexity index is 511. The summed E-state index contributed by atoms with van der Waals surface area (Å²) in [6.45, 7) is 35.6. The van der Waals surface area contributed by atoms with Gasteiger partial charge in [0.2, 0.25) is 0 Å². The molecule has 0 unspecified atom stereocenters. The van der Waals surface area contributed by atoms with Gasteiger partial charge in [0.05, 0.1) is 0 Å². The van der Waals surface area contributed by atoms with E-state index in [9.17, 15) is 0 Å². The van der Waals surface area contributed by atoms with Crippen LogP contribution in [0.25, 0.3) is 0 Å². The zero-order valence-corrected chi connectivity index (χ0v) is 26.8. The van der Waals surface area contributed by atoms with Gasteiger partial charge < -0.3 is 19.8 Å². The molecule has 0 aromatic heterocycles. The van der Waals surface area contributed by atoms with Crippen molar-refractivity contribution in [1.29, 1.82) is 0 Å². The molecule has 6 nitrogen and oxygen atoms in total. The van der Waals surface area contributed by atoms with E-state index >= 15 is 0 Å². The Hall–Kier alpha value is -0.772. The van der Waals surface area contributed by atoms with Crippen LogP contribution in [0.5, 0.6) is 0 Å². The largest absolute Gasteiger partial charge is 0.533 e. The summed E-state index contributed by atoms with van der Waals surface area (Å²) in [6, 6.07) is 1.96. The van der Waals surface area contributed by atoms with Gasteiger partial charge in [-0.25, -0.2) is 0 Å². The van der Waals surface area contributed by atoms with Crippen molar-refractivity contribution in [3.8, 4) is 0 Å². The molecule has 0 aromatic carbocycles. The van der Waals surface area contributed by atoms with Crippen LogP contribution in [-0.2, 0) is 18.2 Å². The molecule has 0 aliphatic rings. The van der Waals surface area contributed by atoms with Crippen LogP contribution in [-0.4, -0.2) is 70.8 Å². The van der Waals surface area contributed by atoms with E-state index in [1.807, 2.05) is 13.8 Å². The third-order valence-corrected chi connectivity index (χ3v) is 6.64. The molecule has 0 rings (SSSR count). The maximum atomic E-state index is 4.51. The van der Waals surface area contributed by atoms with E-state index in [1.165, 1.54) is 0 Å². The van der Waals surface area contributed by atoms with Crippen molar-refractivity contribution in [2.45, 2.75) is 146 Å². The molecule has 0 aliphatic heterocycles. The van der Waals surface area contributed by atoms with Crippen molar-refractivity contribution in [2.75, 3.05) is 13.1 Å². The molecular weight excluding hydrogens is 492 g/mol. The fourth-order valence-electron chi connectivity index (χ4n) is 2.22. The van der Waals surface area contributed by atoms with Crippen LogP contribution >= 0.6 is 0 Å². The van der Waals surface area contributed by atoms with Crippen LogP contribution in [0.15, 0.2) is 17.0 Å². The molecule has 196 valence electrons. The van der Waals surface area contributed by atoms with Crippen molar-refractivity contribution in [3.63, 3.8) is 0 Å². The van der Waals surface area contributed by atoms with Crippen molar-refractivity contribution in [1.82, 2.24) is 9.80 Å². The Morgan fingerprint density at radius 1 is 0.576 bits per heavy atom. The molecule has 0 N–H and O–H groups in total. The van der Waals surface area contributed by atoms with Crippen LogP contribution in [0, 0.1) is 0 Å². The summed E-state index contributed by atoms with van der Waals surface area (Å²) >= 11 is -0.473. The van der Waals surface area contributed by atoms with Crippen molar-refractivity contribution in [3.05, 3.63) is 0 Å². The summed E-state index contributed by atoms with van der Waals surface area (Å²) in [4.78, 5) is 12.4. The topological polar surface area (TPSA) is 55.9 Å². The molecule has 0 fully saturated rings. The Morgan fingerprint density at radius 2 is 0.818 bits per heavy atom. The van der Waals surface area contributed by atoms with Gasteiger partial charge in [-0.3, -0.25) is 12.7 Å². The van der Waals surface area contributed by atoms with E-state index in [0.717, 1.165) is 13.1 Å². The van der Waals surface area contributed by atoms with Gasteiger partial charge in [0.1, 0.15) is 0 Å². The van der Waals surface area contributed by atoms with Crippen LogP contribution < -0.4 is 0 Å². The summed E-state index contributed by atoms with van der Waals surface area (Å²) in [5.41, 5.74) is 0.216. The first-order valence-corrected chi connectivity index (χ1v) is 14.2. The minimum atomic E-state index is -0.473. The Balaban J connectivity index is -0.000000409. The van der Waals surface area contributed by atoms with Crippen molar-refractivity contribution >= 4 is 12.7 Å². The maximum Gasteiger partial charge on any atom is -0.00173 e. The molecule has 0 aliphatic carbocycles. The Morgan fingerprint density at radius 3 is 0.970 bits per heavy atom. The molecule has 0 saturated heterocycles. The van der Waals surface area contributed by atoms with Crippen LogP contribution in [0.1, 0.15) is 111 Å². The molecule has 0 spiro atoms. The van der Waals surface area contributed by atoms with Crippen molar-refractivity contribution in [2.24, 2.45) is 17.0 Å². The van der Waals surface area contributed by atoms with E-state index in [4.69, 9.17) is 0 Å². The van der Waals surface area contributed by atoms with Gasteiger partial charge in [-0.1, -0.05) is 0 Å². The summed E-state index contributed by atoms with van der Waals surface area (Å²) in [5, 5.41) is 0. The number of hydrogen-bond donors (Lipinski definition) is 0. The second kappa shape index (κ2) is 19.5. The minimum Gasteiger partial charge on any atom is -0.533 e. The molecule has 0 saturated carbocycles. The second-order valence-corrected chi connectivity index (χ2v) is 12.2. The van der Waals surface area contributed by atoms with Gasteiger partial charge in [-0.15, -0.1) is 0 Å². The van der Waals surface area contributed by atoms with E-state index in [2.05, 4.69) is 136 Å². The Kier molecular flexibility index (Phi) is 21.8. The average molecular weight is 549 g/mol. The van der Waals surface area contributed by atoms with E-state index in [0.29, 0.717) is 24.2 Å². The maximum absolute atomic E-state index is 4.51. The predicted octanol–water partition coefficient (Wildman–Crippen LogP) is 7.09. The third-order valence-electron chi connectivity index (χ3n) is 3.54. The predicted molar refractivity (Wildman–Crippen MR) is 145 cm³/mol. The smallest absolute Gasteiger partial charge is 0.00173 e. The summed E-state index contributed by atoms with van der Waals surface area (Å²) < 4.78 is 9.01. The summed E-state index contributed by atoms with van der Waals surface area (Å²) in [6.07, 6.45) is 6.05. The van der Waals surface area contributed by atoms with E-state index < -0.39 is 18.2 Å². The molecular formula is C26H56MoN6. The molecule has 0 radical (unpaired) electrons. The first kappa shape index (κ1) is 36.8. The van der Waals surface area contributed by atoms with Gasteiger partial charge in [-0.2, -0.15) is 0 Å². The fourth-order valence-corrected chi connectivity index (χ4v) is 3.53. The Labute approximate surface area is 216 Å². The fraction of sp³-hybridized carbons (Fsp3) is 0.923. The van der Waals surface area contributed by atoms with Crippen LogP contribution in [0.4, 0.5) is 0 Å². The third kappa shape index (κ3) is 27.4. The molecule has 0 aromatic rings. The molecule has 0 bridgehead atoms. The van der Waals surface area contributed by atoms with Gasteiger partial charge in [0, 0.05) is 0 Å². The molecule has 7 heteroatoms. The monoisotopic (exact) mass is 550 g/mol. The summed E-state index contributed by atoms with van der Waals surface area (Å²) in [7, 11) is 0. The molecule has 0 atom stereocenters. The second-order valence-electron chi connectivity index (χ2n) is 10.9. The minimum absolute atomic E-state index is 0.108. The standard InChI is InChI=1S/2C9H19N2.2C4H9N.Mo/c2*1-6-10-7-11(8(2)3)9(4)5;2*1-4(2,3)5;/h2*8-9H,6H2,1-5H3;2*1-3H3;/q2*-1;;;+2. The normalized spacial score (nSPS) is 12.0. The first-order valence-electron chi connectivity index (χ1n) is 12.4. The average Bonchev–Trinajstić information content (AvgIpc) is 2.60. The number of aliphatic imine (C=N–C) groups is 2. The van der Waals surface area contributed by atoms with Crippen LogP contribution in [0.2, 0.25) is 0 Å². The molecule has 0 amide bonds. The quantitative estimate of drug-likeness (QED) is 0.107. The van der Waals surface area contributed by atoms with E-state index in [-0.39, 0.29) is 11.1 Å². The number of nitrogens with zero attached hydrogens (tertiary/aromatic N) is 6. The summed E-state index contributed by atoms with van der Waals surface area (Å²) in [5.74, 6) is 0. The van der Waals surface area contributed by atoms with Crippen LogP contribution in [0.3, 0.4) is 0 Å².